The van der Waals surface area contributed by atoms with Crippen LogP contribution in [0.4, 0.5) is 11.5 Å². The second kappa shape index (κ2) is 5.93. The molecule has 0 aliphatic carbocycles. The summed E-state index contributed by atoms with van der Waals surface area (Å²) in [4.78, 5) is 4.65. The van der Waals surface area contributed by atoms with Crippen molar-refractivity contribution in [3.8, 4) is 11.5 Å². The van der Waals surface area contributed by atoms with Crippen molar-refractivity contribution in [2.75, 3.05) is 19.5 Å². The lowest BCUT2D eigenvalue weighted by Gasteiger charge is -2.13. The van der Waals surface area contributed by atoms with Crippen LogP contribution in [0.25, 0.3) is 10.9 Å². The van der Waals surface area contributed by atoms with Gasteiger partial charge in [0.2, 0.25) is 0 Å². The van der Waals surface area contributed by atoms with Crippen LogP contribution in [0.3, 0.4) is 0 Å². The van der Waals surface area contributed by atoms with Gasteiger partial charge in [-0.25, -0.2) is 4.98 Å². The average molecular weight is 294 g/mol. The Hall–Kier alpha value is -2.75. The fraction of sp³-hybridized carbons (Fsp3) is 0.167. The zero-order valence-corrected chi connectivity index (χ0v) is 12.9. The fourth-order valence-corrected chi connectivity index (χ4v) is 2.45. The summed E-state index contributed by atoms with van der Waals surface area (Å²) in [5.41, 5.74) is 3.00. The minimum Gasteiger partial charge on any atom is -0.497 e. The SMILES string of the molecule is COc1ccc(Nc2cc(C)c3ccccc3n2)c(OC)c1. The first-order chi connectivity index (χ1) is 10.7. The van der Waals surface area contributed by atoms with E-state index in [0.717, 1.165) is 28.2 Å². The van der Waals surface area contributed by atoms with Gasteiger partial charge in [0.25, 0.3) is 0 Å². The Morgan fingerprint density at radius 1 is 0.955 bits per heavy atom. The maximum absolute atomic E-state index is 5.41. The molecule has 3 aromatic rings. The summed E-state index contributed by atoms with van der Waals surface area (Å²) < 4.78 is 10.6. The quantitative estimate of drug-likeness (QED) is 0.779. The van der Waals surface area contributed by atoms with Crippen molar-refractivity contribution in [3.63, 3.8) is 0 Å². The number of nitrogens with one attached hydrogen (secondary N) is 1. The molecule has 4 nitrogen and oxygen atoms in total. The maximum atomic E-state index is 5.41. The summed E-state index contributed by atoms with van der Waals surface area (Å²) in [6.07, 6.45) is 0. The third kappa shape index (κ3) is 2.68. The lowest BCUT2D eigenvalue weighted by molar-refractivity contribution is 0.395. The van der Waals surface area contributed by atoms with Crippen LogP contribution >= 0.6 is 0 Å². The molecule has 0 amide bonds. The van der Waals surface area contributed by atoms with Gasteiger partial charge in [0.05, 0.1) is 25.4 Å². The summed E-state index contributed by atoms with van der Waals surface area (Å²) in [5, 5.41) is 4.48. The normalized spacial score (nSPS) is 10.5. The van der Waals surface area contributed by atoms with Gasteiger partial charge < -0.3 is 14.8 Å². The Bertz CT molecular complexity index is 815. The monoisotopic (exact) mass is 294 g/mol. The van der Waals surface area contributed by atoms with E-state index in [1.165, 1.54) is 5.56 Å². The fourth-order valence-electron chi connectivity index (χ4n) is 2.45. The van der Waals surface area contributed by atoms with Gasteiger partial charge in [-0.15, -0.1) is 0 Å². The van der Waals surface area contributed by atoms with E-state index in [0.29, 0.717) is 5.75 Å². The van der Waals surface area contributed by atoms with Crippen molar-refractivity contribution in [1.29, 1.82) is 0 Å². The molecule has 0 radical (unpaired) electrons. The molecule has 0 spiro atoms. The topological polar surface area (TPSA) is 43.4 Å². The standard InChI is InChI=1S/C18H18N2O2/c1-12-10-18(19-15-7-5-4-6-14(12)15)20-16-9-8-13(21-2)11-17(16)22-3/h4-11H,1-3H3,(H,19,20). The summed E-state index contributed by atoms with van der Waals surface area (Å²) in [7, 11) is 3.27. The molecule has 112 valence electrons. The van der Waals surface area contributed by atoms with E-state index in [2.05, 4.69) is 23.3 Å². The molecular weight excluding hydrogens is 276 g/mol. The Morgan fingerprint density at radius 3 is 2.55 bits per heavy atom. The van der Waals surface area contributed by atoms with Crippen LogP contribution in [0, 0.1) is 6.92 Å². The van der Waals surface area contributed by atoms with Gasteiger partial charge in [-0.3, -0.25) is 0 Å². The zero-order valence-electron chi connectivity index (χ0n) is 12.9. The summed E-state index contributed by atoms with van der Waals surface area (Å²) in [6.45, 7) is 2.08. The van der Waals surface area contributed by atoms with Crippen molar-refractivity contribution >= 4 is 22.4 Å². The highest BCUT2D eigenvalue weighted by molar-refractivity contribution is 5.84. The zero-order chi connectivity index (χ0) is 15.5. The molecule has 4 heteroatoms. The number of benzene rings is 2. The van der Waals surface area contributed by atoms with Crippen molar-refractivity contribution in [2.24, 2.45) is 0 Å². The van der Waals surface area contributed by atoms with Crippen LogP contribution in [-0.4, -0.2) is 19.2 Å². The first-order valence-corrected chi connectivity index (χ1v) is 7.06. The molecular formula is C18H18N2O2. The number of hydrogen-bond donors (Lipinski definition) is 1. The van der Waals surface area contributed by atoms with Gasteiger partial charge in [-0.05, 0) is 36.8 Å². The molecule has 22 heavy (non-hydrogen) atoms. The van der Waals surface area contributed by atoms with Crippen molar-refractivity contribution < 1.29 is 9.47 Å². The summed E-state index contributed by atoms with van der Waals surface area (Å²) >= 11 is 0. The number of fused-ring (bicyclic) bond motifs is 1. The third-order valence-corrected chi connectivity index (χ3v) is 3.59. The second-order valence-electron chi connectivity index (χ2n) is 5.03. The number of anilines is 2. The number of para-hydroxylation sites is 1. The molecule has 0 atom stereocenters. The minimum absolute atomic E-state index is 0.715. The Morgan fingerprint density at radius 2 is 1.77 bits per heavy atom. The van der Waals surface area contributed by atoms with E-state index < -0.39 is 0 Å². The first-order valence-electron chi connectivity index (χ1n) is 7.06. The van der Waals surface area contributed by atoms with Crippen LogP contribution in [0.1, 0.15) is 5.56 Å². The van der Waals surface area contributed by atoms with Crippen molar-refractivity contribution in [1.82, 2.24) is 4.98 Å². The molecule has 0 saturated carbocycles. The van der Waals surface area contributed by atoms with E-state index in [9.17, 15) is 0 Å². The molecule has 1 heterocycles. The minimum atomic E-state index is 0.715. The summed E-state index contributed by atoms with van der Waals surface area (Å²) in [5.74, 6) is 2.26. The van der Waals surface area contributed by atoms with Gasteiger partial charge in [0.15, 0.2) is 0 Å². The van der Waals surface area contributed by atoms with Crippen LogP contribution in [0.5, 0.6) is 11.5 Å². The lowest BCUT2D eigenvalue weighted by Crippen LogP contribution is -1.98. The number of rotatable bonds is 4. The highest BCUT2D eigenvalue weighted by Crippen LogP contribution is 2.31. The molecule has 2 aromatic carbocycles. The maximum Gasteiger partial charge on any atom is 0.146 e. The summed E-state index contributed by atoms with van der Waals surface area (Å²) in [6, 6.07) is 15.8. The number of ether oxygens (including phenoxy) is 2. The van der Waals surface area contributed by atoms with Crippen LogP contribution in [0.2, 0.25) is 0 Å². The molecule has 3 rings (SSSR count). The van der Waals surface area contributed by atoms with Crippen LogP contribution < -0.4 is 14.8 Å². The number of pyridine rings is 1. The number of hydrogen-bond acceptors (Lipinski definition) is 4. The molecule has 1 N–H and O–H groups in total. The number of aromatic nitrogens is 1. The van der Waals surface area contributed by atoms with E-state index in [-0.39, 0.29) is 0 Å². The first kappa shape index (κ1) is 14.2. The molecule has 0 unspecified atom stereocenters. The van der Waals surface area contributed by atoms with E-state index >= 15 is 0 Å². The van der Waals surface area contributed by atoms with E-state index in [4.69, 9.17) is 9.47 Å². The third-order valence-electron chi connectivity index (χ3n) is 3.59. The molecule has 0 saturated heterocycles. The van der Waals surface area contributed by atoms with Gasteiger partial charge in [-0.2, -0.15) is 0 Å². The van der Waals surface area contributed by atoms with Crippen LogP contribution in [-0.2, 0) is 0 Å². The predicted molar refractivity (Wildman–Crippen MR) is 89.3 cm³/mol. The van der Waals surface area contributed by atoms with Gasteiger partial charge in [0.1, 0.15) is 17.3 Å². The van der Waals surface area contributed by atoms with Crippen molar-refractivity contribution in [3.05, 3.63) is 54.1 Å². The molecule has 0 bridgehead atoms. The smallest absolute Gasteiger partial charge is 0.146 e. The highest BCUT2D eigenvalue weighted by Gasteiger charge is 2.08. The average Bonchev–Trinajstić information content (AvgIpc) is 2.55. The van der Waals surface area contributed by atoms with Crippen LogP contribution in [0.15, 0.2) is 48.5 Å². The number of methoxy groups -OCH3 is 2. The van der Waals surface area contributed by atoms with Gasteiger partial charge in [0, 0.05) is 11.5 Å². The number of nitrogens with zero attached hydrogens (tertiary/aromatic N) is 1. The predicted octanol–water partition coefficient (Wildman–Crippen LogP) is 4.30. The number of aryl methyl sites for hydroxylation is 1. The van der Waals surface area contributed by atoms with Gasteiger partial charge >= 0.3 is 0 Å². The highest BCUT2D eigenvalue weighted by atomic mass is 16.5. The Labute approximate surface area is 129 Å². The van der Waals surface area contributed by atoms with E-state index in [1.54, 1.807) is 14.2 Å². The Kier molecular flexibility index (Phi) is 3.83. The van der Waals surface area contributed by atoms with Crippen molar-refractivity contribution in [2.45, 2.75) is 6.92 Å². The molecule has 0 aliphatic heterocycles. The van der Waals surface area contributed by atoms with E-state index in [1.807, 2.05) is 42.5 Å². The molecule has 0 fully saturated rings. The molecule has 1 aromatic heterocycles. The largest absolute Gasteiger partial charge is 0.497 e. The molecule has 0 aliphatic rings. The lowest BCUT2D eigenvalue weighted by atomic mass is 10.1. The second-order valence-corrected chi connectivity index (χ2v) is 5.03. The Balaban J connectivity index is 1.99. The van der Waals surface area contributed by atoms with Gasteiger partial charge in [-0.1, -0.05) is 18.2 Å².